The van der Waals surface area contributed by atoms with Gasteiger partial charge in [0.15, 0.2) is 0 Å². The van der Waals surface area contributed by atoms with E-state index < -0.39 is 0 Å². The molecule has 2 aliphatic rings. The highest BCUT2D eigenvalue weighted by molar-refractivity contribution is 7.01. The predicted octanol–water partition coefficient (Wildman–Crippen LogP) is 9.66. The van der Waals surface area contributed by atoms with Gasteiger partial charge in [0.25, 0.3) is 0 Å². The van der Waals surface area contributed by atoms with Gasteiger partial charge in [0, 0.05) is 33.5 Å². The Labute approximate surface area is 278 Å². The Balaban J connectivity index is 1.46. The van der Waals surface area contributed by atoms with Crippen LogP contribution in [0.5, 0.6) is 0 Å². The largest absolute Gasteiger partial charge is 0.311 e. The van der Waals surface area contributed by atoms with E-state index in [1.54, 1.807) is 0 Å². The first kappa shape index (κ1) is 28.2. The quantitative estimate of drug-likeness (QED) is 0.178. The average molecular weight is 607 g/mol. The van der Waals surface area contributed by atoms with Crippen molar-refractivity contribution in [1.82, 2.24) is 4.57 Å². The molecule has 0 saturated carbocycles. The van der Waals surface area contributed by atoms with Crippen LogP contribution in [0.4, 0.5) is 17.1 Å². The van der Waals surface area contributed by atoms with Gasteiger partial charge in [0.05, 0.1) is 11.0 Å². The smallest absolute Gasteiger partial charge is 0.248 e. The molecule has 2 aliphatic heterocycles. The molecular weight excluding hydrogens is 567 g/mol. The normalized spacial score (nSPS) is 13.7. The second kappa shape index (κ2) is 9.75. The average Bonchev–Trinajstić information content (AvgIpc) is 3.58. The van der Waals surface area contributed by atoms with Crippen LogP contribution in [-0.2, 0) is 10.8 Å². The van der Waals surface area contributed by atoms with Crippen LogP contribution in [0.3, 0.4) is 0 Å². The molecule has 228 valence electrons. The first-order chi connectivity index (χ1) is 22.6. The summed E-state index contributed by atoms with van der Waals surface area (Å²) in [4.78, 5) is 2.63. The third kappa shape index (κ3) is 3.99. The molecule has 3 heterocycles. The van der Waals surface area contributed by atoms with Crippen molar-refractivity contribution in [3.8, 4) is 16.8 Å². The SMILES string of the molecule is CC(C)(C)c1ccccc1N1c2cc(-n3c4ccccc4c4ccccc43)cc3c2B(c2ccccc2-3)c2cccc(C(C)(C)C)c21. The van der Waals surface area contributed by atoms with Crippen LogP contribution in [0.25, 0.3) is 38.6 Å². The molecule has 0 N–H and O–H groups in total. The van der Waals surface area contributed by atoms with E-state index in [0.29, 0.717) is 0 Å². The van der Waals surface area contributed by atoms with Gasteiger partial charge in [-0.25, -0.2) is 0 Å². The maximum atomic E-state index is 2.63. The van der Waals surface area contributed by atoms with Gasteiger partial charge in [-0.15, -0.1) is 0 Å². The van der Waals surface area contributed by atoms with Crippen LogP contribution < -0.4 is 21.3 Å². The van der Waals surface area contributed by atoms with Crippen molar-refractivity contribution in [2.24, 2.45) is 0 Å². The number of anilines is 3. The van der Waals surface area contributed by atoms with Gasteiger partial charge in [-0.05, 0) is 74.3 Å². The zero-order valence-electron chi connectivity index (χ0n) is 28.1. The Hall–Kier alpha value is -5.02. The minimum atomic E-state index is -0.0524. The van der Waals surface area contributed by atoms with Crippen molar-refractivity contribution in [2.75, 3.05) is 4.90 Å². The molecule has 1 aromatic heterocycles. The van der Waals surface area contributed by atoms with Crippen molar-refractivity contribution >= 4 is 62.0 Å². The number of hydrogen-bond acceptors (Lipinski definition) is 1. The number of aromatic nitrogens is 1. The molecule has 0 bridgehead atoms. The van der Waals surface area contributed by atoms with Gasteiger partial charge < -0.3 is 9.47 Å². The molecule has 0 saturated heterocycles. The molecule has 2 nitrogen and oxygen atoms in total. The molecule has 0 aliphatic carbocycles. The molecule has 7 aromatic rings. The molecule has 0 atom stereocenters. The van der Waals surface area contributed by atoms with Gasteiger partial charge in [0.2, 0.25) is 6.71 Å². The van der Waals surface area contributed by atoms with Crippen molar-refractivity contribution in [3.63, 3.8) is 0 Å². The molecule has 0 radical (unpaired) electrons. The minimum absolute atomic E-state index is 0.0408. The molecule has 0 amide bonds. The summed E-state index contributed by atoms with van der Waals surface area (Å²) in [6.07, 6.45) is 0. The van der Waals surface area contributed by atoms with Gasteiger partial charge in [0.1, 0.15) is 0 Å². The monoisotopic (exact) mass is 606 g/mol. The van der Waals surface area contributed by atoms with Crippen LogP contribution in [0, 0.1) is 0 Å². The molecule has 0 unspecified atom stereocenters. The fourth-order valence-electron chi connectivity index (χ4n) is 8.46. The molecule has 3 heteroatoms. The number of fused-ring (bicyclic) bond motifs is 8. The Morgan fingerprint density at radius 3 is 1.77 bits per heavy atom. The first-order valence-electron chi connectivity index (χ1n) is 16.9. The zero-order valence-corrected chi connectivity index (χ0v) is 28.1. The van der Waals surface area contributed by atoms with E-state index in [4.69, 9.17) is 0 Å². The van der Waals surface area contributed by atoms with E-state index in [0.717, 1.165) is 0 Å². The molecule has 9 rings (SSSR count). The van der Waals surface area contributed by atoms with E-state index in [1.807, 2.05) is 0 Å². The van der Waals surface area contributed by atoms with E-state index in [1.165, 1.54) is 83.2 Å². The molecular formula is C44H39BN2. The lowest BCUT2D eigenvalue weighted by atomic mass is 9.37. The topological polar surface area (TPSA) is 8.17 Å². The van der Waals surface area contributed by atoms with Crippen LogP contribution >= 0.6 is 0 Å². The lowest BCUT2D eigenvalue weighted by molar-refractivity contribution is 0.587. The highest BCUT2D eigenvalue weighted by Crippen LogP contribution is 2.48. The molecule has 6 aromatic carbocycles. The van der Waals surface area contributed by atoms with Crippen LogP contribution in [0.2, 0.25) is 0 Å². The van der Waals surface area contributed by atoms with Gasteiger partial charge in [-0.3, -0.25) is 0 Å². The summed E-state index contributed by atoms with van der Waals surface area (Å²) in [7, 11) is 0. The van der Waals surface area contributed by atoms with Crippen molar-refractivity contribution in [3.05, 3.63) is 139 Å². The number of hydrogen-bond donors (Lipinski definition) is 0. The number of para-hydroxylation sites is 4. The maximum Gasteiger partial charge on any atom is 0.248 e. The number of benzene rings is 6. The maximum absolute atomic E-state index is 2.63. The lowest BCUT2D eigenvalue weighted by Crippen LogP contribution is -2.55. The summed E-state index contributed by atoms with van der Waals surface area (Å²) >= 11 is 0. The fourth-order valence-corrected chi connectivity index (χ4v) is 8.46. The number of rotatable bonds is 2. The third-order valence-electron chi connectivity index (χ3n) is 10.4. The summed E-state index contributed by atoms with van der Waals surface area (Å²) in [6.45, 7) is 14.3. The Morgan fingerprint density at radius 1 is 0.489 bits per heavy atom. The second-order valence-electron chi connectivity index (χ2n) is 15.4. The van der Waals surface area contributed by atoms with Crippen LogP contribution in [-0.4, -0.2) is 11.3 Å². The highest BCUT2D eigenvalue weighted by Gasteiger charge is 2.45. The summed E-state index contributed by atoms with van der Waals surface area (Å²) in [5.41, 5.74) is 17.0. The summed E-state index contributed by atoms with van der Waals surface area (Å²) in [5, 5.41) is 2.57. The van der Waals surface area contributed by atoms with E-state index in [9.17, 15) is 0 Å². The molecule has 47 heavy (non-hydrogen) atoms. The fraction of sp³-hybridized carbons (Fsp3) is 0.182. The Morgan fingerprint density at radius 2 is 1.06 bits per heavy atom. The van der Waals surface area contributed by atoms with Crippen molar-refractivity contribution in [2.45, 2.75) is 52.4 Å². The predicted molar refractivity (Wildman–Crippen MR) is 203 cm³/mol. The standard InChI is InChI=1S/C44H39BN2/c1-43(2,3)33-19-10-14-25-39(33)47-40-27-28(46-37-23-12-8-17-30(37)31-18-9-13-24-38(31)46)26-32-29-16-7-11-21-35(29)45(41(32)40)36-22-15-20-34(42(36)47)44(4,5)6/h7-27H,1-6H3. The first-order valence-corrected chi connectivity index (χ1v) is 16.9. The number of nitrogens with zero attached hydrogens (tertiary/aromatic N) is 2. The lowest BCUT2D eigenvalue weighted by Gasteiger charge is -2.41. The van der Waals surface area contributed by atoms with E-state index in [2.05, 4.69) is 178 Å². The Bertz CT molecular complexity index is 2340. The second-order valence-corrected chi connectivity index (χ2v) is 15.4. The third-order valence-corrected chi connectivity index (χ3v) is 10.4. The Kier molecular flexibility index (Phi) is 5.85. The van der Waals surface area contributed by atoms with E-state index >= 15 is 0 Å². The zero-order chi connectivity index (χ0) is 32.2. The summed E-state index contributed by atoms with van der Waals surface area (Å²) in [6, 6.07) is 47.8. The van der Waals surface area contributed by atoms with Gasteiger partial charge in [-0.1, -0.05) is 144 Å². The highest BCUT2D eigenvalue weighted by atomic mass is 15.2. The van der Waals surface area contributed by atoms with Crippen LogP contribution in [0.15, 0.2) is 127 Å². The molecule has 0 fully saturated rings. The minimum Gasteiger partial charge on any atom is -0.311 e. The summed E-state index contributed by atoms with van der Waals surface area (Å²) in [5.74, 6) is 0. The molecule has 0 spiro atoms. The van der Waals surface area contributed by atoms with Gasteiger partial charge >= 0.3 is 0 Å². The summed E-state index contributed by atoms with van der Waals surface area (Å²) < 4.78 is 2.48. The van der Waals surface area contributed by atoms with Crippen molar-refractivity contribution < 1.29 is 0 Å². The van der Waals surface area contributed by atoms with Gasteiger partial charge in [-0.2, -0.15) is 0 Å². The van der Waals surface area contributed by atoms with E-state index in [-0.39, 0.29) is 17.5 Å². The van der Waals surface area contributed by atoms with Crippen LogP contribution in [0.1, 0.15) is 52.7 Å². The van der Waals surface area contributed by atoms with Crippen molar-refractivity contribution in [1.29, 1.82) is 0 Å².